The number of aliphatic hydroxyl groups is 1. The quantitative estimate of drug-likeness (QED) is 0.646. The second-order valence-electron chi connectivity index (χ2n) is 3.60. The smallest absolute Gasteiger partial charge is 0.396 e. The van der Waals surface area contributed by atoms with Gasteiger partial charge in [-0.25, -0.2) is 0 Å². The molecule has 0 aliphatic rings. The third-order valence-electron chi connectivity index (χ3n) is 2.14. The topological polar surface area (TPSA) is 20.2 Å². The molecule has 0 heterocycles. The molecule has 0 saturated heterocycles. The summed E-state index contributed by atoms with van der Waals surface area (Å²) < 4.78 is 37.3. The van der Waals surface area contributed by atoms with Crippen LogP contribution in [0.5, 0.6) is 0 Å². The van der Waals surface area contributed by atoms with E-state index in [-0.39, 0.29) is 6.61 Å². The van der Waals surface area contributed by atoms with Crippen molar-refractivity contribution in [2.45, 2.75) is 19.0 Å². The van der Waals surface area contributed by atoms with Crippen LogP contribution >= 0.6 is 0 Å². The van der Waals surface area contributed by atoms with Crippen molar-refractivity contribution in [1.82, 2.24) is 0 Å². The van der Waals surface area contributed by atoms with Crippen molar-refractivity contribution in [3.63, 3.8) is 0 Å². The van der Waals surface area contributed by atoms with E-state index < -0.39 is 11.7 Å². The Kier molecular flexibility index (Phi) is 5.47. The summed E-state index contributed by atoms with van der Waals surface area (Å²) in [5, 5.41) is 8.52. The summed E-state index contributed by atoms with van der Waals surface area (Å²) in [5.41, 5.74) is -0.209. The van der Waals surface area contributed by atoms with E-state index >= 15 is 0 Å². The monoisotopic (exact) mass is 254 g/mol. The summed E-state index contributed by atoms with van der Waals surface area (Å²) in [5.74, 6) is 5.49. The zero-order valence-electron chi connectivity index (χ0n) is 9.67. The Labute approximate surface area is 104 Å². The average molecular weight is 254 g/mol. The Bertz CT molecular complexity index is 464. The number of unbranched alkanes of at least 4 members (excludes halogenated alkanes) is 1. The van der Waals surface area contributed by atoms with Crippen molar-refractivity contribution < 1.29 is 18.3 Å². The number of halogens is 3. The van der Waals surface area contributed by atoms with Crippen molar-refractivity contribution in [1.29, 1.82) is 0 Å². The van der Waals surface area contributed by atoms with Crippen LogP contribution in [0.2, 0.25) is 0 Å². The van der Waals surface area contributed by atoms with Crippen LogP contribution in [0, 0.1) is 11.8 Å². The summed E-state index contributed by atoms with van der Waals surface area (Å²) in [7, 11) is 0. The summed E-state index contributed by atoms with van der Waals surface area (Å²) in [6, 6.07) is 5.05. The molecule has 0 bridgehead atoms. The lowest BCUT2D eigenvalue weighted by molar-refractivity contribution is -0.137. The van der Waals surface area contributed by atoms with Gasteiger partial charge in [0.25, 0.3) is 0 Å². The van der Waals surface area contributed by atoms with Crippen LogP contribution in [0.4, 0.5) is 13.2 Å². The number of allylic oxidation sites excluding steroid dienone is 1. The molecule has 1 rings (SSSR count). The Morgan fingerprint density at radius 1 is 1.28 bits per heavy atom. The molecule has 0 radical (unpaired) electrons. The van der Waals surface area contributed by atoms with Gasteiger partial charge in [0.15, 0.2) is 0 Å². The van der Waals surface area contributed by atoms with E-state index in [0.29, 0.717) is 18.4 Å². The summed E-state index contributed by atoms with van der Waals surface area (Å²) in [6.45, 7) is 0.0893. The molecule has 4 heteroatoms. The van der Waals surface area contributed by atoms with E-state index in [2.05, 4.69) is 11.8 Å². The Hall–Kier alpha value is -1.73. The summed E-state index contributed by atoms with van der Waals surface area (Å²) >= 11 is 0. The van der Waals surface area contributed by atoms with Crippen molar-refractivity contribution >= 4 is 6.08 Å². The van der Waals surface area contributed by atoms with Crippen LogP contribution in [-0.2, 0) is 6.18 Å². The van der Waals surface area contributed by atoms with E-state index in [1.54, 1.807) is 6.07 Å². The minimum absolute atomic E-state index is 0.0893. The number of rotatable bonds is 3. The van der Waals surface area contributed by atoms with Gasteiger partial charge in [0.2, 0.25) is 0 Å². The molecule has 0 atom stereocenters. The lowest BCUT2D eigenvalue weighted by atomic mass is 10.1. The minimum atomic E-state index is -4.32. The lowest BCUT2D eigenvalue weighted by Crippen LogP contribution is -2.04. The maximum atomic E-state index is 12.4. The Morgan fingerprint density at radius 2 is 2.06 bits per heavy atom. The van der Waals surface area contributed by atoms with Crippen LogP contribution in [-0.4, -0.2) is 11.7 Å². The molecule has 0 aliphatic carbocycles. The van der Waals surface area contributed by atoms with Gasteiger partial charge in [-0.2, -0.15) is 13.2 Å². The van der Waals surface area contributed by atoms with E-state index in [4.69, 9.17) is 5.11 Å². The third kappa shape index (κ3) is 5.07. The number of hydrogen-bond acceptors (Lipinski definition) is 1. The lowest BCUT2D eigenvalue weighted by Gasteiger charge is -2.06. The molecule has 0 amide bonds. The predicted octanol–water partition coefficient (Wildman–Crippen LogP) is 3.49. The predicted molar refractivity (Wildman–Crippen MR) is 64.6 cm³/mol. The maximum absolute atomic E-state index is 12.4. The second kappa shape index (κ2) is 6.87. The molecular weight excluding hydrogens is 241 g/mol. The third-order valence-corrected chi connectivity index (χ3v) is 2.14. The molecule has 0 saturated carbocycles. The summed E-state index contributed by atoms with van der Waals surface area (Å²) in [6.07, 6.45) is -0.113. The fraction of sp³-hybridized carbons (Fsp3) is 0.286. The first-order valence-corrected chi connectivity index (χ1v) is 5.47. The van der Waals surface area contributed by atoms with E-state index in [1.807, 2.05) is 0 Å². The van der Waals surface area contributed by atoms with Crippen LogP contribution in [0.3, 0.4) is 0 Å². The minimum Gasteiger partial charge on any atom is -0.396 e. The first-order valence-electron chi connectivity index (χ1n) is 5.47. The molecule has 1 aromatic rings. The first kappa shape index (κ1) is 14.3. The molecular formula is C14H13F3O. The highest BCUT2D eigenvalue weighted by Crippen LogP contribution is 2.29. The van der Waals surface area contributed by atoms with Crippen LogP contribution < -0.4 is 0 Å². The standard InChI is InChI=1S/C14H13F3O/c15-14(16,17)13-9-6-8-12(11-13)7-4-2-1-3-5-10-18/h4,6-9,11,18H,3,5,10H2. The van der Waals surface area contributed by atoms with E-state index in [0.717, 1.165) is 12.1 Å². The second-order valence-corrected chi connectivity index (χ2v) is 3.60. The normalized spacial score (nSPS) is 11.3. The zero-order chi connectivity index (χ0) is 13.4. The highest BCUT2D eigenvalue weighted by Gasteiger charge is 2.30. The number of hydrogen-bond donors (Lipinski definition) is 1. The van der Waals surface area contributed by atoms with Gasteiger partial charge in [0.05, 0.1) is 5.56 Å². The van der Waals surface area contributed by atoms with Crippen LogP contribution in [0.25, 0.3) is 6.08 Å². The Balaban J connectivity index is 2.67. The van der Waals surface area contributed by atoms with Crippen molar-refractivity contribution in [2.75, 3.05) is 6.61 Å². The molecule has 0 fully saturated rings. The first-order chi connectivity index (χ1) is 8.54. The molecule has 0 aliphatic heterocycles. The van der Waals surface area contributed by atoms with Crippen LogP contribution in [0.15, 0.2) is 30.3 Å². The van der Waals surface area contributed by atoms with Gasteiger partial charge in [-0.05, 0) is 36.3 Å². The van der Waals surface area contributed by atoms with Crippen molar-refractivity contribution in [2.24, 2.45) is 0 Å². The molecule has 1 N–H and O–H groups in total. The molecule has 18 heavy (non-hydrogen) atoms. The molecule has 0 unspecified atom stereocenters. The summed E-state index contributed by atoms with van der Waals surface area (Å²) in [4.78, 5) is 0. The zero-order valence-corrected chi connectivity index (χ0v) is 9.67. The fourth-order valence-electron chi connectivity index (χ4n) is 1.26. The van der Waals surface area contributed by atoms with Gasteiger partial charge in [-0.15, -0.1) is 0 Å². The average Bonchev–Trinajstić information content (AvgIpc) is 2.33. The largest absolute Gasteiger partial charge is 0.416 e. The fourth-order valence-corrected chi connectivity index (χ4v) is 1.26. The van der Waals surface area contributed by atoms with Crippen molar-refractivity contribution in [3.8, 4) is 11.8 Å². The molecule has 1 nitrogen and oxygen atoms in total. The number of benzene rings is 1. The van der Waals surface area contributed by atoms with Gasteiger partial charge in [0, 0.05) is 13.0 Å². The molecule has 0 aromatic heterocycles. The SMILES string of the molecule is OCCCC#CC=Cc1cccc(C(F)(F)F)c1. The van der Waals surface area contributed by atoms with Crippen LogP contribution in [0.1, 0.15) is 24.0 Å². The number of alkyl halides is 3. The maximum Gasteiger partial charge on any atom is 0.416 e. The number of aliphatic hydroxyl groups excluding tert-OH is 1. The van der Waals surface area contributed by atoms with Gasteiger partial charge in [-0.3, -0.25) is 0 Å². The highest BCUT2D eigenvalue weighted by molar-refractivity contribution is 5.53. The van der Waals surface area contributed by atoms with Gasteiger partial charge < -0.3 is 5.11 Å². The highest BCUT2D eigenvalue weighted by atomic mass is 19.4. The molecule has 1 aromatic carbocycles. The van der Waals surface area contributed by atoms with Crippen molar-refractivity contribution in [3.05, 3.63) is 41.5 Å². The van der Waals surface area contributed by atoms with E-state index in [9.17, 15) is 13.2 Å². The van der Waals surface area contributed by atoms with Gasteiger partial charge >= 0.3 is 6.18 Å². The van der Waals surface area contributed by atoms with Gasteiger partial charge in [-0.1, -0.05) is 24.0 Å². The molecule has 0 spiro atoms. The van der Waals surface area contributed by atoms with Gasteiger partial charge in [0.1, 0.15) is 0 Å². The molecule has 96 valence electrons. The van der Waals surface area contributed by atoms with E-state index in [1.165, 1.54) is 18.2 Å². The Morgan fingerprint density at radius 3 is 2.72 bits per heavy atom.